The molecule has 1 heterocycles. The van der Waals surface area contributed by atoms with Crippen molar-refractivity contribution in [1.82, 2.24) is 4.98 Å². The van der Waals surface area contributed by atoms with Gasteiger partial charge in [-0.05, 0) is 12.1 Å². The number of carbonyl (C=O) groups is 1. The molecular weight excluding hydrogens is 182 g/mol. The molecule has 2 aromatic rings. The van der Waals surface area contributed by atoms with Gasteiger partial charge in [0.25, 0.3) is 0 Å². The van der Waals surface area contributed by atoms with E-state index in [1.54, 1.807) is 24.4 Å². The smallest absolute Gasteiger partial charge is 0.308 e. The number of nitrogens with one attached hydrogen (secondary N) is 1. The van der Waals surface area contributed by atoms with Crippen LogP contribution in [0.3, 0.4) is 0 Å². The van der Waals surface area contributed by atoms with E-state index in [1.165, 1.54) is 6.92 Å². The molecule has 0 saturated carbocycles. The molecule has 14 heavy (non-hydrogen) atoms. The fourth-order valence-electron chi connectivity index (χ4n) is 1.35. The average molecular weight is 191 g/mol. The van der Waals surface area contributed by atoms with Crippen LogP contribution in [0.1, 0.15) is 6.92 Å². The molecule has 0 atom stereocenters. The number of aromatic hydroxyl groups is 1. The number of aromatic amines is 1. The number of phenolic OH excluding ortho intramolecular Hbond substituents is 1. The van der Waals surface area contributed by atoms with Gasteiger partial charge in [0.2, 0.25) is 0 Å². The summed E-state index contributed by atoms with van der Waals surface area (Å²) in [5.41, 5.74) is 0.573. The van der Waals surface area contributed by atoms with Gasteiger partial charge < -0.3 is 14.8 Å². The number of ether oxygens (including phenoxy) is 1. The van der Waals surface area contributed by atoms with Crippen molar-refractivity contribution in [2.45, 2.75) is 6.92 Å². The molecule has 4 nitrogen and oxygen atoms in total. The van der Waals surface area contributed by atoms with E-state index in [0.717, 1.165) is 0 Å². The molecule has 0 amide bonds. The van der Waals surface area contributed by atoms with Crippen LogP contribution in [0.15, 0.2) is 24.4 Å². The molecule has 2 rings (SSSR count). The minimum atomic E-state index is -0.380. The summed E-state index contributed by atoms with van der Waals surface area (Å²) in [6.07, 6.45) is 1.55. The highest BCUT2D eigenvalue weighted by atomic mass is 16.5. The molecule has 0 saturated heterocycles. The molecule has 0 bridgehead atoms. The summed E-state index contributed by atoms with van der Waals surface area (Å²) in [7, 11) is 0. The Labute approximate surface area is 80.1 Å². The standard InChI is InChI=1S/C10H9NO3/c1-6(12)14-9-5-11-10-7(9)3-2-4-8(10)13/h2-5,11,13H,1H3. The number of para-hydroxylation sites is 1. The van der Waals surface area contributed by atoms with Gasteiger partial charge in [0.15, 0.2) is 5.75 Å². The second-order valence-electron chi connectivity index (χ2n) is 2.95. The van der Waals surface area contributed by atoms with Crippen molar-refractivity contribution < 1.29 is 14.6 Å². The number of benzene rings is 1. The van der Waals surface area contributed by atoms with Crippen molar-refractivity contribution >= 4 is 16.9 Å². The van der Waals surface area contributed by atoms with E-state index in [2.05, 4.69) is 4.98 Å². The third-order valence-corrected chi connectivity index (χ3v) is 1.91. The molecule has 0 aliphatic heterocycles. The lowest BCUT2D eigenvalue weighted by Crippen LogP contribution is -2.00. The van der Waals surface area contributed by atoms with E-state index < -0.39 is 0 Å². The third-order valence-electron chi connectivity index (χ3n) is 1.91. The average Bonchev–Trinajstić information content (AvgIpc) is 2.49. The van der Waals surface area contributed by atoms with E-state index in [0.29, 0.717) is 16.7 Å². The predicted molar refractivity (Wildman–Crippen MR) is 51.3 cm³/mol. The van der Waals surface area contributed by atoms with Crippen LogP contribution in [0.4, 0.5) is 0 Å². The van der Waals surface area contributed by atoms with E-state index in [1.807, 2.05) is 0 Å². The second kappa shape index (κ2) is 3.06. The molecule has 1 aromatic heterocycles. The van der Waals surface area contributed by atoms with Crippen LogP contribution < -0.4 is 4.74 Å². The number of H-pyrrole nitrogens is 1. The number of fused-ring (bicyclic) bond motifs is 1. The Balaban J connectivity index is 2.58. The Hall–Kier alpha value is -1.97. The maximum absolute atomic E-state index is 10.7. The summed E-state index contributed by atoms with van der Waals surface area (Å²) >= 11 is 0. The van der Waals surface area contributed by atoms with Crippen molar-refractivity contribution in [1.29, 1.82) is 0 Å². The molecule has 4 heteroatoms. The molecule has 0 fully saturated rings. The number of hydrogen-bond acceptors (Lipinski definition) is 3. The Morgan fingerprint density at radius 1 is 1.50 bits per heavy atom. The molecule has 0 aliphatic rings. The Bertz CT molecular complexity index is 487. The number of hydrogen-bond donors (Lipinski definition) is 2. The van der Waals surface area contributed by atoms with E-state index >= 15 is 0 Å². The molecule has 0 spiro atoms. The normalized spacial score (nSPS) is 10.4. The first-order chi connectivity index (χ1) is 6.68. The summed E-state index contributed by atoms with van der Waals surface area (Å²) in [5.74, 6) is 0.193. The fraction of sp³-hybridized carbons (Fsp3) is 0.100. The zero-order valence-electron chi connectivity index (χ0n) is 7.57. The van der Waals surface area contributed by atoms with E-state index in [-0.39, 0.29) is 11.7 Å². The monoisotopic (exact) mass is 191 g/mol. The molecule has 72 valence electrons. The summed E-state index contributed by atoms with van der Waals surface area (Å²) < 4.78 is 4.94. The maximum atomic E-state index is 10.7. The van der Waals surface area contributed by atoms with E-state index in [4.69, 9.17) is 4.74 Å². The van der Waals surface area contributed by atoms with Gasteiger partial charge in [0, 0.05) is 18.5 Å². The number of esters is 1. The van der Waals surface area contributed by atoms with Gasteiger partial charge in [0.05, 0.1) is 5.52 Å². The van der Waals surface area contributed by atoms with Gasteiger partial charge >= 0.3 is 5.97 Å². The topological polar surface area (TPSA) is 62.3 Å². The quantitative estimate of drug-likeness (QED) is 0.675. The summed E-state index contributed by atoms with van der Waals surface area (Å²) in [6, 6.07) is 5.03. The molecule has 2 N–H and O–H groups in total. The molecule has 1 aromatic carbocycles. The lowest BCUT2D eigenvalue weighted by molar-refractivity contribution is -0.131. The van der Waals surface area contributed by atoms with Gasteiger partial charge in [-0.1, -0.05) is 6.07 Å². The number of phenols is 1. The fourth-order valence-corrected chi connectivity index (χ4v) is 1.35. The van der Waals surface area contributed by atoms with E-state index in [9.17, 15) is 9.90 Å². The largest absolute Gasteiger partial charge is 0.506 e. The molecule has 0 aliphatic carbocycles. The van der Waals surface area contributed by atoms with Crippen LogP contribution in [0.2, 0.25) is 0 Å². The van der Waals surface area contributed by atoms with Crippen LogP contribution in [-0.2, 0) is 4.79 Å². The van der Waals surface area contributed by atoms with Crippen molar-refractivity contribution in [3.63, 3.8) is 0 Å². The van der Waals surface area contributed by atoms with Gasteiger partial charge in [-0.3, -0.25) is 4.79 Å². The number of rotatable bonds is 1. The summed E-state index contributed by atoms with van der Waals surface area (Å²) in [4.78, 5) is 13.6. The van der Waals surface area contributed by atoms with Gasteiger partial charge in [0.1, 0.15) is 5.75 Å². The molecule has 0 unspecified atom stereocenters. The third kappa shape index (κ3) is 1.31. The second-order valence-corrected chi connectivity index (χ2v) is 2.95. The predicted octanol–water partition coefficient (Wildman–Crippen LogP) is 1.80. The van der Waals surface area contributed by atoms with Gasteiger partial charge in [-0.15, -0.1) is 0 Å². The van der Waals surface area contributed by atoms with Crippen LogP contribution in [-0.4, -0.2) is 16.1 Å². The van der Waals surface area contributed by atoms with Crippen molar-refractivity contribution in [3.05, 3.63) is 24.4 Å². The summed E-state index contributed by atoms with van der Waals surface area (Å²) in [5, 5.41) is 10.1. The highest BCUT2D eigenvalue weighted by molar-refractivity contribution is 5.92. The lowest BCUT2D eigenvalue weighted by Gasteiger charge is -1.98. The first-order valence-electron chi connectivity index (χ1n) is 4.16. The first kappa shape index (κ1) is 8.62. The maximum Gasteiger partial charge on any atom is 0.308 e. The zero-order valence-corrected chi connectivity index (χ0v) is 7.57. The minimum absolute atomic E-state index is 0.140. The first-order valence-corrected chi connectivity index (χ1v) is 4.16. The Kier molecular flexibility index (Phi) is 1.89. The van der Waals surface area contributed by atoms with Gasteiger partial charge in [-0.25, -0.2) is 0 Å². The molecule has 0 radical (unpaired) electrons. The minimum Gasteiger partial charge on any atom is -0.506 e. The van der Waals surface area contributed by atoms with Crippen LogP contribution in [0, 0.1) is 0 Å². The van der Waals surface area contributed by atoms with Crippen LogP contribution >= 0.6 is 0 Å². The van der Waals surface area contributed by atoms with Crippen molar-refractivity contribution in [2.24, 2.45) is 0 Å². The van der Waals surface area contributed by atoms with Gasteiger partial charge in [-0.2, -0.15) is 0 Å². The van der Waals surface area contributed by atoms with Crippen LogP contribution in [0.25, 0.3) is 10.9 Å². The Morgan fingerprint density at radius 3 is 3.00 bits per heavy atom. The number of aromatic nitrogens is 1. The summed E-state index contributed by atoms with van der Waals surface area (Å²) in [6.45, 7) is 1.33. The Morgan fingerprint density at radius 2 is 2.29 bits per heavy atom. The molecular formula is C10H9NO3. The lowest BCUT2D eigenvalue weighted by atomic mass is 10.2. The zero-order chi connectivity index (χ0) is 10.1. The highest BCUT2D eigenvalue weighted by Crippen LogP contribution is 2.30. The van der Waals surface area contributed by atoms with Crippen molar-refractivity contribution in [3.8, 4) is 11.5 Å². The number of carbonyl (C=O) groups excluding carboxylic acids is 1. The SMILES string of the molecule is CC(=O)Oc1c[nH]c2c(O)cccc12. The van der Waals surface area contributed by atoms with Crippen molar-refractivity contribution in [2.75, 3.05) is 0 Å². The highest BCUT2D eigenvalue weighted by Gasteiger charge is 2.08. The van der Waals surface area contributed by atoms with Crippen LogP contribution in [0.5, 0.6) is 11.5 Å².